The predicted molar refractivity (Wildman–Crippen MR) is 197 cm³/mol. The van der Waals surface area contributed by atoms with Crippen LogP contribution in [0.3, 0.4) is 0 Å². The van der Waals surface area contributed by atoms with E-state index in [1.165, 1.54) is 102 Å². The Hall–Kier alpha value is -4.97. The highest BCUT2D eigenvalue weighted by Crippen LogP contribution is 2.54. The maximum absolute atomic E-state index is 3.94. The molecule has 0 amide bonds. The van der Waals surface area contributed by atoms with Crippen LogP contribution in [0.1, 0.15) is 0 Å². The van der Waals surface area contributed by atoms with Gasteiger partial charge in [0.25, 0.3) is 0 Å². The Morgan fingerprint density at radius 1 is 0.556 bits per heavy atom. The van der Waals surface area contributed by atoms with Gasteiger partial charge in [-0.3, -0.25) is 0 Å². The summed E-state index contributed by atoms with van der Waals surface area (Å²) < 4.78 is 2.70. The summed E-state index contributed by atoms with van der Waals surface area (Å²) in [7, 11) is 0.900. The molecule has 7 aromatic carbocycles. The summed E-state index contributed by atoms with van der Waals surface area (Å²) >= 11 is 3.83. The molecule has 0 bridgehead atoms. The lowest BCUT2D eigenvalue weighted by atomic mass is 9.58. The second kappa shape index (κ2) is 8.82. The Morgan fingerprint density at radius 2 is 1.33 bits per heavy atom. The summed E-state index contributed by atoms with van der Waals surface area (Å²) in [5.41, 5.74) is 11.7. The second-order valence-corrected chi connectivity index (χ2v) is 14.3. The zero-order valence-corrected chi connectivity index (χ0v) is 25.7. The van der Waals surface area contributed by atoms with Gasteiger partial charge in [-0.25, -0.2) is 0 Å². The van der Waals surface area contributed by atoms with Crippen LogP contribution in [-0.4, -0.2) is 12.3 Å². The van der Waals surface area contributed by atoms with Gasteiger partial charge in [0.15, 0.2) is 7.28 Å². The minimum atomic E-state index is 0.900. The highest BCUT2D eigenvalue weighted by Gasteiger charge is 2.36. The molecule has 11 rings (SSSR count). The highest BCUT2D eigenvalue weighted by atomic mass is 32.2. The van der Waals surface area contributed by atoms with E-state index in [1.54, 1.807) is 0 Å². The van der Waals surface area contributed by atoms with Crippen LogP contribution in [0.15, 0.2) is 137 Å². The van der Waals surface area contributed by atoms with Crippen LogP contribution >= 0.6 is 23.1 Å². The number of rotatable bonds is 1. The lowest BCUT2D eigenvalue weighted by Crippen LogP contribution is -2.42. The van der Waals surface area contributed by atoms with Gasteiger partial charge in [0.05, 0.1) is 32.8 Å². The number of anilines is 3. The molecule has 0 saturated carbocycles. The molecule has 0 radical (unpaired) electrons. The van der Waals surface area contributed by atoms with Crippen molar-refractivity contribution in [2.45, 2.75) is 9.79 Å². The molecule has 0 saturated heterocycles. The van der Waals surface area contributed by atoms with E-state index in [0.29, 0.717) is 0 Å². The molecule has 2 aliphatic rings. The average molecular weight is 607 g/mol. The zero-order valence-electron chi connectivity index (χ0n) is 24.1. The molecule has 0 aliphatic carbocycles. The first-order valence-electron chi connectivity index (χ1n) is 15.4. The Balaban J connectivity index is 1.30. The predicted octanol–water partition coefficient (Wildman–Crippen LogP) is 10.1. The fourth-order valence-corrected chi connectivity index (χ4v) is 10.2. The van der Waals surface area contributed by atoms with Gasteiger partial charge in [-0.05, 0) is 46.7 Å². The summed E-state index contributed by atoms with van der Waals surface area (Å²) in [6.07, 6.45) is 0. The third-order valence-electron chi connectivity index (χ3n) is 9.80. The number of benzene rings is 7. The van der Waals surface area contributed by atoms with Gasteiger partial charge in [0, 0.05) is 47.0 Å². The van der Waals surface area contributed by atoms with Crippen molar-refractivity contribution in [1.82, 2.24) is 4.98 Å². The van der Waals surface area contributed by atoms with Crippen LogP contribution in [0.4, 0.5) is 17.1 Å². The van der Waals surface area contributed by atoms with Crippen molar-refractivity contribution in [2.75, 3.05) is 4.90 Å². The summed E-state index contributed by atoms with van der Waals surface area (Å²) in [5.74, 6) is 0. The normalized spacial score (nSPS) is 13.4. The average Bonchev–Trinajstić information content (AvgIpc) is 3.67. The van der Waals surface area contributed by atoms with Crippen molar-refractivity contribution in [2.24, 2.45) is 0 Å². The van der Waals surface area contributed by atoms with Crippen LogP contribution in [0.2, 0.25) is 0 Å². The minimum Gasteiger partial charge on any atom is -0.353 e. The molecule has 2 aromatic heterocycles. The quantitative estimate of drug-likeness (QED) is 0.188. The molecule has 2 aliphatic heterocycles. The van der Waals surface area contributed by atoms with Crippen LogP contribution in [0.25, 0.3) is 63.9 Å². The monoisotopic (exact) mass is 606 g/mol. The Kier molecular flexibility index (Phi) is 4.77. The first-order chi connectivity index (χ1) is 22.3. The number of thiophene rings is 1. The smallest absolute Gasteiger partial charge is 0.198 e. The van der Waals surface area contributed by atoms with E-state index in [4.69, 9.17) is 0 Å². The molecule has 4 heterocycles. The summed E-state index contributed by atoms with van der Waals surface area (Å²) in [5, 5.41) is 7.74. The molecule has 45 heavy (non-hydrogen) atoms. The molecule has 0 fully saturated rings. The standard InChI is InChI=1S/C40H23BN2S2/c1-2-10-23-22(9-1)19-20-27-25-12-7-13-26(37(25)42-36(23)27)28-21-29-24-11-3-5-16-32(24)45-40(29)39-35(28)41-30-14-8-18-34-38(30)43(39)31-15-4-6-17-33(31)44-34/h1-21,41-42H. The maximum Gasteiger partial charge on any atom is 0.198 e. The van der Waals surface area contributed by atoms with E-state index >= 15 is 0 Å². The Morgan fingerprint density at radius 3 is 2.31 bits per heavy atom. The molecule has 208 valence electrons. The van der Waals surface area contributed by atoms with Crippen molar-refractivity contribution in [1.29, 1.82) is 0 Å². The van der Waals surface area contributed by atoms with Crippen molar-refractivity contribution in [3.8, 4) is 11.1 Å². The SMILES string of the molecule is B1c2cccc3c2N(c2ccccc2S3)c2c1c(-c1cccc3c1[nH]c1c4ccccc4ccc31)cc1c2sc2ccccc21. The number of nitrogens with zero attached hydrogens (tertiary/aromatic N) is 1. The molecule has 0 atom stereocenters. The van der Waals surface area contributed by atoms with Gasteiger partial charge in [-0.15, -0.1) is 11.3 Å². The summed E-state index contributed by atoms with van der Waals surface area (Å²) in [6, 6.07) is 47.2. The summed E-state index contributed by atoms with van der Waals surface area (Å²) in [4.78, 5) is 9.17. The number of aromatic nitrogens is 1. The third kappa shape index (κ3) is 3.22. The van der Waals surface area contributed by atoms with Crippen molar-refractivity contribution in [3.63, 3.8) is 0 Å². The van der Waals surface area contributed by atoms with Gasteiger partial charge in [0.1, 0.15) is 0 Å². The topological polar surface area (TPSA) is 19.0 Å². The van der Waals surface area contributed by atoms with Crippen molar-refractivity contribution in [3.05, 3.63) is 127 Å². The van der Waals surface area contributed by atoms with Gasteiger partial charge in [-0.2, -0.15) is 0 Å². The molecule has 0 spiro atoms. The number of nitrogens with one attached hydrogen (secondary N) is 1. The summed E-state index contributed by atoms with van der Waals surface area (Å²) in [6.45, 7) is 0. The van der Waals surface area contributed by atoms with Crippen LogP contribution in [0, 0.1) is 0 Å². The van der Waals surface area contributed by atoms with E-state index in [1.807, 2.05) is 23.1 Å². The fraction of sp³-hybridized carbons (Fsp3) is 0. The molecule has 0 unspecified atom stereocenters. The van der Waals surface area contributed by atoms with E-state index in [0.717, 1.165) is 7.28 Å². The lowest BCUT2D eigenvalue weighted by molar-refractivity contribution is 1.18. The first kappa shape index (κ1) is 24.4. The third-order valence-corrected chi connectivity index (χ3v) is 12.1. The molecular formula is C40H23BN2S2. The Labute approximate surface area is 268 Å². The van der Waals surface area contributed by atoms with Gasteiger partial charge >= 0.3 is 0 Å². The second-order valence-electron chi connectivity index (χ2n) is 12.1. The van der Waals surface area contributed by atoms with Crippen LogP contribution < -0.4 is 15.8 Å². The van der Waals surface area contributed by atoms with E-state index < -0.39 is 0 Å². The van der Waals surface area contributed by atoms with Gasteiger partial charge < -0.3 is 9.88 Å². The number of hydrogen-bond donors (Lipinski definition) is 1. The fourth-order valence-electron chi connectivity index (χ4n) is 7.86. The minimum absolute atomic E-state index is 0.900. The van der Waals surface area contributed by atoms with Crippen molar-refractivity contribution >= 4 is 111 Å². The molecular weight excluding hydrogens is 583 g/mol. The number of hydrogen-bond acceptors (Lipinski definition) is 3. The first-order valence-corrected chi connectivity index (χ1v) is 17.0. The Bertz CT molecular complexity index is 2740. The lowest BCUT2D eigenvalue weighted by Gasteiger charge is -2.39. The van der Waals surface area contributed by atoms with E-state index in [2.05, 4.69) is 137 Å². The van der Waals surface area contributed by atoms with Gasteiger partial charge in [-0.1, -0.05) is 114 Å². The van der Waals surface area contributed by atoms with Crippen molar-refractivity contribution < 1.29 is 0 Å². The van der Waals surface area contributed by atoms with E-state index in [9.17, 15) is 0 Å². The molecule has 1 N–H and O–H groups in total. The number of aromatic amines is 1. The molecule has 2 nitrogen and oxygen atoms in total. The number of para-hydroxylation sites is 3. The zero-order chi connectivity index (χ0) is 29.2. The highest BCUT2D eigenvalue weighted by molar-refractivity contribution is 7.99. The largest absolute Gasteiger partial charge is 0.353 e. The van der Waals surface area contributed by atoms with Crippen LogP contribution in [0.5, 0.6) is 0 Å². The van der Waals surface area contributed by atoms with E-state index in [-0.39, 0.29) is 0 Å². The van der Waals surface area contributed by atoms with Gasteiger partial charge in [0.2, 0.25) is 0 Å². The molecule has 9 aromatic rings. The number of H-pyrrole nitrogens is 1. The molecule has 5 heteroatoms. The maximum atomic E-state index is 3.94. The number of fused-ring (bicyclic) bond motifs is 13. The van der Waals surface area contributed by atoms with Crippen LogP contribution in [-0.2, 0) is 0 Å².